The summed E-state index contributed by atoms with van der Waals surface area (Å²) in [5.41, 5.74) is 1.51. The molecule has 138 valence electrons. The molecule has 0 radical (unpaired) electrons. The number of anilines is 1. The van der Waals surface area contributed by atoms with Crippen molar-refractivity contribution < 1.29 is 19.1 Å². The van der Waals surface area contributed by atoms with E-state index in [1.165, 1.54) is 6.92 Å². The summed E-state index contributed by atoms with van der Waals surface area (Å²) in [5, 5.41) is 8.17. The zero-order valence-corrected chi connectivity index (χ0v) is 15.4. The Morgan fingerprint density at radius 3 is 2.36 bits per heavy atom. The average Bonchev–Trinajstić information content (AvgIpc) is 2.52. The smallest absolute Gasteiger partial charge is 0.407 e. The van der Waals surface area contributed by atoms with E-state index in [0.717, 1.165) is 5.56 Å². The number of alkyl carbamates (subject to hydrolysis) is 1. The standard InChI is InChI=1S/C18H27N3O4/c1-6-25-18(24)21-16(11(2)3)17(23)19-12(4)14-8-7-9-15(10-14)20-13(5)22/h7-12,16H,6H2,1-5H3,(H,19,23)(H,20,22)(H,21,24). The number of carbonyl (C=O) groups is 3. The molecule has 3 amide bonds. The fourth-order valence-electron chi connectivity index (χ4n) is 2.31. The number of amides is 3. The molecule has 0 aliphatic carbocycles. The SMILES string of the molecule is CCOC(=O)NC(C(=O)NC(C)c1cccc(NC(C)=O)c1)C(C)C. The molecule has 7 nitrogen and oxygen atoms in total. The Morgan fingerprint density at radius 1 is 1.12 bits per heavy atom. The van der Waals surface area contributed by atoms with Crippen LogP contribution < -0.4 is 16.0 Å². The molecule has 2 unspecified atom stereocenters. The molecule has 0 saturated carbocycles. The van der Waals surface area contributed by atoms with E-state index in [9.17, 15) is 14.4 Å². The molecule has 0 fully saturated rings. The summed E-state index contributed by atoms with van der Waals surface area (Å²) in [7, 11) is 0. The largest absolute Gasteiger partial charge is 0.450 e. The van der Waals surface area contributed by atoms with E-state index in [-0.39, 0.29) is 30.4 Å². The van der Waals surface area contributed by atoms with Crippen LogP contribution in [0.5, 0.6) is 0 Å². The molecule has 0 aliphatic heterocycles. The third-order valence-electron chi connectivity index (χ3n) is 3.56. The van der Waals surface area contributed by atoms with E-state index in [0.29, 0.717) is 5.69 Å². The summed E-state index contributed by atoms with van der Waals surface area (Å²) in [6, 6.07) is 6.26. The first kappa shape index (κ1) is 20.5. The molecule has 0 spiro atoms. The molecular formula is C18H27N3O4. The van der Waals surface area contributed by atoms with Crippen molar-refractivity contribution in [3.05, 3.63) is 29.8 Å². The second kappa shape index (κ2) is 9.66. The summed E-state index contributed by atoms with van der Waals surface area (Å²) in [4.78, 5) is 35.3. The van der Waals surface area contributed by atoms with Crippen LogP contribution in [0.25, 0.3) is 0 Å². The Hall–Kier alpha value is -2.57. The monoisotopic (exact) mass is 349 g/mol. The molecule has 0 heterocycles. The molecule has 1 rings (SSSR count). The van der Waals surface area contributed by atoms with Crippen LogP contribution in [-0.2, 0) is 14.3 Å². The molecule has 25 heavy (non-hydrogen) atoms. The second-order valence-corrected chi connectivity index (χ2v) is 6.12. The van der Waals surface area contributed by atoms with Crippen molar-refractivity contribution in [2.24, 2.45) is 5.92 Å². The first-order valence-corrected chi connectivity index (χ1v) is 8.35. The normalized spacial score (nSPS) is 12.9. The van der Waals surface area contributed by atoms with E-state index < -0.39 is 12.1 Å². The van der Waals surface area contributed by atoms with Gasteiger partial charge >= 0.3 is 6.09 Å². The maximum Gasteiger partial charge on any atom is 0.407 e. The lowest BCUT2D eigenvalue weighted by Crippen LogP contribution is -2.50. The molecule has 7 heteroatoms. The maximum absolute atomic E-state index is 12.5. The van der Waals surface area contributed by atoms with Gasteiger partial charge < -0.3 is 20.7 Å². The molecule has 0 saturated heterocycles. The van der Waals surface area contributed by atoms with Gasteiger partial charge in [-0.25, -0.2) is 4.79 Å². The van der Waals surface area contributed by atoms with Gasteiger partial charge in [-0.2, -0.15) is 0 Å². The van der Waals surface area contributed by atoms with Crippen LogP contribution in [0.3, 0.4) is 0 Å². The van der Waals surface area contributed by atoms with E-state index >= 15 is 0 Å². The van der Waals surface area contributed by atoms with Crippen LogP contribution in [0.1, 0.15) is 46.2 Å². The Bertz CT molecular complexity index is 616. The quantitative estimate of drug-likeness (QED) is 0.705. The van der Waals surface area contributed by atoms with Crippen molar-refractivity contribution in [1.29, 1.82) is 0 Å². The zero-order valence-electron chi connectivity index (χ0n) is 15.4. The Morgan fingerprint density at radius 2 is 1.80 bits per heavy atom. The van der Waals surface area contributed by atoms with Crippen LogP contribution in [0.2, 0.25) is 0 Å². The minimum atomic E-state index is -0.694. The Balaban J connectivity index is 2.79. The maximum atomic E-state index is 12.5. The van der Waals surface area contributed by atoms with Gasteiger partial charge in [0.1, 0.15) is 6.04 Å². The predicted molar refractivity (Wildman–Crippen MR) is 96.1 cm³/mol. The lowest BCUT2D eigenvalue weighted by Gasteiger charge is -2.24. The van der Waals surface area contributed by atoms with E-state index in [4.69, 9.17) is 4.74 Å². The second-order valence-electron chi connectivity index (χ2n) is 6.12. The van der Waals surface area contributed by atoms with Gasteiger partial charge in [0.05, 0.1) is 12.6 Å². The summed E-state index contributed by atoms with van der Waals surface area (Å²) in [6.07, 6.45) is -0.614. The van der Waals surface area contributed by atoms with Crippen molar-refractivity contribution in [3.63, 3.8) is 0 Å². The van der Waals surface area contributed by atoms with Crippen LogP contribution >= 0.6 is 0 Å². The highest BCUT2D eigenvalue weighted by molar-refractivity contribution is 5.89. The van der Waals surface area contributed by atoms with Gasteiger partial charge in [0.2, 0.25) is 11.8 Å². The van der Waals surface area contributed by atoms with E-state index in [1.807, 2.05) is 26.8 Å². The fraction of sp³-hybridized carbons (Fsp3) is 0.500. The Labute approximate surface area is 148 Å². The van der Waals surface area contributed by atoms with Crippen molar-refractivity contribution in [1.82, 2.24) is 10.6 Å². The number of hydrogen-bond donors (Lipinski definition) is 3. The van der Waals surface area contributed by atoms with Crippen molar-refractivity contribution in [3.8, 4) is 0 Å². The molecule has 0 aromatic heterocycles. The highest BCUT2D eigenvalue weighted by Gasteiger charge is 2.26. The number of carbonyl (C=O) groups excluding carboxylic acids is 3. The number of benzene rings is 1. The third-order valence-corrected chi connectivity index (χ3v) is 3.56. The van der Waals surface area contributed by atoms with Gasteiger partial charge in [0.25, 0.3) is 0 Å². The number of ether oxygens (including phenoxy) is 1. The zero-order chi connectivity index (χ0) is 19.0. The first-order valence-electron chi connectivity index (χ1n) is 8.35. The van der Waals surface area contributed by atoms with Gasteiger partial charge in [-0.3, -0.25) is 9.59 Å². The van der Waals surface area contributed by atoms with Crippen LogP contribution in [0.15, 0.2) is 24.3 Å². The minimum absolute atomic E-state index is 0.0951. The van der Waals surface area contributed by atoms with Crippen molar-refractivity contribution in [2.75, 3.05) is 11.9 Å². The molecule has 0 bridgehead atoms. The summed E-state index contributed by atoms with van der Waals surface area (Å²) >= 11 is 0. The molecular weight excluding hydrogens is 322 g/mol. The summed E-state index contributed by atoms with van der Waals surface area (Å²) in [5.74, 6) is -0.546. The molecule has 3 N–H and O–H groups in total. The van der Waals surface area contributed by atoms with Gasteiger partial charge in [-0.1, -0.05) is 26.0 Å². The van der Waals surface area contributed by atoms with Gasteiger partial charge in [0, 0.05) is 12.6 Å². The van der Waals surface area contributed by atoms with Gasteiger partial charge in [-0.05, 0) is 37.5 Å². The van der Waals surface area contributed by atoms with Gasteiger partial charge in [0.15, 0.2) is 0 Å². The molecule has 2 atom stereocenters. The third kappa shape index (κ3) is 6.82. The number of hydrogen-bond acceptors (Lipinski definition) is 4. The van der Waals surface area contributed by atoms with Crippen molar-refractivity contribution >= 4 is 23.6 Å². The lowest BCUT2D eigenvalue weighted by atomic mass is 10.0. The van der Waals surface area contributed by atoms with Crippen LogP contribution in [0.4, 0.5) is 10.5 Å². The number of rotatable bonds is 7. The lowest BCUT2D eigenvalue weighted by molar-refractivity contribution is -0.124. The highest BCUT2D eigenvalue weighted by atomic mass is 16.5. The number of nitrogens with one attached hydrogen (secondary N) is 3. The Kier molecular flexibility index (Phi) is 7.91. The average molecular weight is 349 g/mol. The fourth-order valence-corrected chi connectivity index (χ4v) is 2.31. The molecule has 1 aromatic carbocycles. The highest BCUT2D eigenvalue weighted by Crippen LogP contribution is 2.18. The summed E-state index contributed by atoms with van der Waals surface area (Å²) in [6.45, 7) is 8.91. The van der Waals surface area contributed by atoms with E-state index in [2.05, 4.69) is 16.0 Å². The van der Waals surface area contributed by atoms with Crippen LogP contribution in [0, 0.1) is 5.92 Å². The van der Waals surface area contributed by atoms with E-state index in [1.54, 1.807) is 25.1 Å². The van der Waals surface area contributed by atoms with Crippen LogP contribution in [-0.4, -0.2) is 30.6 Å². The first-order chi connectivity index (χ1) is 11.7. The minimum Gasteiger partial charge on any atom is -0.450 e. The predicted octanol–water partition coefficient (Wildman–Crippen LogP) is 2.59. The summed E-state index contributed by atoms with van der Waals surface area (Å²) < 4.78 is 4.84. The molecule has 0 aliphatic rings. The topological polar surface area (TPSA) is 96.5 Å². The van der Waals surface area contributed by atoms with Gasteiger partial charge in [-0.15, -0.1) is 0 Å². The molecule has 1 aromatic rings. The van der Waals surface area contributed by atoms with Crippen molar-refractivity contribution in [2.45, 2.75) is 46.7 Å².